The number of para-hydroxylation sites is 1. The Morgan fingerprint density at radius 1 is 0.909 bits per heavy atom. The summed E-state index contributed by atoms with van der Waals surface area (Å²) in [6, 6.07) is 23.5. The Hall–Kier alpha value is -4.10. The summed E-state index contributed by atoms with van der Waals surface area (Å²) in [6.07, 6.45) is 1.12. The van der Waals surface area contributed by atoms with Gasteiger partial charge in [-0.1, -0.05) is 54.1 Å². The second-order valence-corrected chi connectivity index (χ2v) is 7.39. The molecule has 7 nitrogen and oxygen atoms in total. The van der Waals surface area contributed by atoms with E-state index in [1.165, 1.54) is 32.9 Å². The molecule has 3 aromatic carbocycles. The van der Waals surface area contributed by atoms with E-state index < -0.39 is 11.9 Å². The first-order valence-corrected chi connectivity index (χ1v) is 10.4. The van der Waals surface area contributed by atoms with Crippen molar-refractivity contribution >= 4 is 33.7 Å². The van der Waals surface area contributed by atoms with E-state index >= 15 is 0 Å². The quantitative estimate of drug-likeness (QED) is 0.367. The summed E-state index contributed by atoms with van der Waals surface area (Å²) >= 11 is 0. The Bertz CT molecular complexity index is 1270. The molecule has 4 N–H and O–H groups in total. The topological polar surface area (TPSA) is 115 Å². The molecule has 0 radical (unpaired) electrons. The highest BCUT2D eigenvalue weighted by Gasteiger charge is 2.14. The molecule has 0 spiro atoms. The van der Waals surface area contributed by atoms with Gasteiger partial charge in [0.25, 0.3) is 0 Å². The first-order chi connectivity index (χ1) is 15.9. The molecule has 0 fully saturated rings. The van der Waals surface area contributed by atoms with Crippen LogP contribution >= 0.6 is 0 Å². The van der Waals surface area contributed by atoms with Gasteiger partial charge in [-0.05, 0) is 30.7 Å². The van der Waals surface area contributed by atoms with E-state index in [2.05, 4.69) is 72.2 Å². The maximum atomic E-state index is 9.55. The minimum absolute atomic E-state index is 0.512. The molecule has 0 unspecified atom stereocenters. The number of aromatic nitrogens is 1. The number of ether oxygens (including phenoxy) is 1. The minimum Gasteiger partial charge on any atom is -0.492 e. The van der Waals surface area contributed by atoms with Gasteiger partial charge in [0.1, 0.15) is 12.4 Å². The standard InChI is InChI=1S/C22H22N2O.C4H4O4/c1-16-9-11-17(12-10-16)15-24-19-6-3-2-5-18(19)22-20(24)7-4-8-21(22)25-14-13-23;5-3(6)1-2-4(7)8/h2-12H,13-15,23H2,1H3;1-2H,(H,5,6)(H,7,8)/b;2-1+. The number of hydrogen-bond donors (Lipinski definition) is 3. The van der Waals surface area contributed by atoms with Gasteiger partial charge < -0.3 is 25.3 Å². The lowest BCUT2D eigenvalue weighted by atomic mass is 10.1. The molecule has 0 saturated carbocycles. The van der Waals surface area contributed by atoms with E-state index in [-0.39, 0.29) is 0 Å². The molecule has 1 aromatic heterocycles. The highest BCUT2D eigenvalue weighted by atomic mass is 16.5. The van der Waals surface area contributed by atoms with Crippen molar-refractivity contribution in [1.82, 2.24) is 4.57 Å². The average molecular weight is 447 g/mol. The lowest BCUT2D eigenvalue weighted by Gasteiger charge is -2.09. The number of carboxylic acids is 2. The van der Waals surface area contributed by atoms with Crippen LogP contribution in [0.15, 0.2) is 78.9 Å². The summed E-state index contributed by atoms with van der Waals surface area (Å²) in [4.78, 5) is 19.1. The number of fused-ring (bicyclic) bond motifs is 3. The number of aliphatic carboxylic acids is 2. The first kappa shape index (κ1) is 23.6. The van der Waals surface area contributed by atoms with Gasteiger partial charge in [0, 0.05) is 41.5 Å². The van der Waals surface area contributed by atoms with Crippen LogP contribution < -0.4 is 10.5 Å². The Kier molecular flexibility index (Phi) is 7.83. The number of rotatable bonds is 7. The largest absolute Gasteiger partial charge is 0.492 e. The van der Waals surface area contributed by atoms with Gasteiger partial charge >= 0.3 is 11.9 Å². The van der Waals surface area contributed by atoms with E-state index in [1.807, 2.05) is 6.07 Å². The SMILES string of the molecule is Cc1ccc(Cn2c3ccccc3c3c(OCCN)cccc32)cc1.O=C(O)/C=C/C(=O)O. The zero-order chi connectivity index (χ0) is 23.8. The molecular weight excluding hydrogens is 420 g/mol. The Morgan fingerprint density at radius 2 is 1.55 bits per heavy atom. The van der Waals surface area contributed by atoms with Crippen molar-refractivity contribution in [3.05, 3.63) is 90.0 Å². The predicted molar refractivity (Wildman–Crippen MR) is 129 cm³/mol. The zero-order valence-electron chi connectivity index (χ0n) is 18.3. The molecule has 7 heteroatoms. The van der Waals surface area contributed by atoms with Crippen LogP contribution in [0.3, 0.4) is 0 Å². The maximum absolute atomic E-state index is 9.55. The third kappa shape index (κ3) is 5.99. The van der Waals surface area contributed by atoms with E-state index in [9.17, 15) is 9.59 Å². The van der Waals surface area contributed by atoms with E-state index in [0.717, 1.165) is 12.3 Å². The zero-order valence-corrected chi connectivity index (χ0v) is 18.3. The summed E-state index contributed by atoms with van der Waals surface area (Å²) in [5, 5.41) is 18.0. The molecule has 0 aliphatic carbocycles. The average Bonchev–Trinajstić information content (AvgIpc) is 3.12. The van der Waals surface area contributed by atoms with E-state index in [1.54, 1.807) is 0 Å². The van der Waals surface area contributed by atoms with Crippen LogP contribution in [-0.4, -0.2) is 39.9 Å². The molecular formula is C26H26N2O5. The summed E-state index contributed by atoms with van der Waals surface area (Å²) in [5.41, 5.74) is 10.6. The summed E-state index contributed by atoms with van der Waals surface area (Å²) in [7, 11) is 0. The van der Waals surface area contributed by atoms with Crippen molar-refractivity contribution in [2.24, 2.45) is 5.73 Å². The number of nitrogens with two attached hydrogens (primary N) is 1. The van der Waals surface area contributed by atoms with Crippen molar-refractivity contribution in [3.63, 3.8) is 0 Å². The first-order valence-electron chi connectivity index (χ1n) is 10.4. The number of aryl methyl sites for hydroxylation is 1. The molecule has 0 amide bonds. The van der Waals surface area contributed by atoms with Crippen LogP contribution in [0, 0.1) is 6.92 Å². The van der Waals surface area contributed by atoms with Crippen LogP contribution in [0.4, 0.5) is 0 Å². The van der Waals surface area contributed by atoms with Crippen molar-refractivity contribution in [3.8, 4) is 5.75 Å². The second kappa shape index (κ2) is 11.0. The van der Waals surface area contributed by atoms with Gasteiger partial charge in [0.05, 0.1) is 5.52 Å². The molecule has 0 bridgehead atoms. The molecule has 0 aliphatic rings. The second-order valence-electron chi connectivity index (χ2n) is 7.39. The molecule has 0 aliphatic heterocycles. The van der Waals surface area contributed by atoms with Crippen LogP contribution in [0.5, 0.6) is 5.75 Å². The lowest BCUT2D eigenvalue weighted by molar-refractivity contribution is -0.134. The fourth-order valence-electron chi connectivity index (χ4n) is 3.54. The van der Waals surface area contributed by atoms with Crippen LogP contribution in [0.1, 0.15) is 11.1 Å². The van der Waals surface area contributed by atoms with Crippen molar-refractivity contribution in [2.75, 3.05) is 13.2 Å². The monoisotopic (exact) mass is 446 g/mol. The fourth-order valence-corrected chi connectivity index (χ4v) is 3.54. The van der Waals surface area contributed by atoms with Crippen molar-refractivity contribution in [1.29, 1.82) is 0 Å². The molecule has 170 valence electrons. The third-order valence-electron chi connectivity index (χ3n) is 4.96. The Balaban J connectivity index is 0.000000331. The number of carboxylic acid groups (broad SMARTS) is 2. The van der Waals surface area contributed by atoms with Crippen molar-refractivity contribution in [2.45, 2.75) is 13.5 Å². The van der Waals surface area contributed by atoms with Gasteiger partial charge in [0.2, 0.25) is 0 Å². The molecule has 33 heavy (non-hydrogen) atoms. The molecule has 4 rings (SSSR count). The highest BCUT2D eigenvalue weighted by molar-refractivity contribution is 6.11. The van der Waals surface area contributed by atoms with E-state index in [4.69, 9.17) is 20.7 Å². The van der Waals surface area contributed by atoms with Gasteiger partial charge in [-0.2, -0.15) is 0 Å². The Morgan fingerprint density at radius 3 is 2.18 bits per heavy atom. The van der Waals surface area contributed by atoms with Gasteiger partial charge in [-0.15, -0.1) is 0 Å². The molecule has 0 saturated heterocycles. The number of benzene rings is 3. The number of nitrogens with zero attached hydrogens (tertiary/aromatic N) is 1. The maximum Gasteiger partial charge on any atom is 0.328 e. The Labute approximate surface area is 191 Å². The summed E-state index contributed by atoms with van der Waals surface area (Å²) in [5.74, 6) is -1.61. The summed E-state index contributed by atoms with van der Waals surface area (Å²) in [6.45, 7) is 3.99. The predicted octanol–water partition coefficient (Wildman–Crippen LogP) is 4.20. The van der Waals surface area contributed by atoms with Crippen LogP contribution in [-0.2, 0) is 16.1 Å². The normalized spacial score (nSPS) is 10.8. The third-order valence-corrected chi connectivity index (χ3v) is 4.96. The van der Waals surface area contributed by atoms with E-state index in [0.29, 0.717) is 25.3 Å². The smallest absolute Gasteiger partial charge is 0.328 e. The fraction of sp³-hybridized carbons (Fsp3) is 0.154. The molecule has 1 heterocycles. The number of carbonyl (C=O) groups is 2. The number of hydrogen-bond acceptors (Lipinski definition) is 4. The summed E-state index contributed by atoms with van der Waals surface area (Å²) < 4.78 is 8.28. The van der Waals surface area contributed by atoms with Gasteiger partial charge in [-0.3, -0.25) is 0 Å². The van der Waals surface area contributed by atoms with Crippen LogP contribution in [0.2, 0.25) is 0 Å². The van der Waals surface area contributed by atoms with Crippen molar-refractivity contribution < 1.29 is 24.5 Å². The molecule has 4 aromatic rings. The highest BCUT2D eigenvalue weighted by Crippen LogP contribution is 2.36. The van der Waals surface area contributed by atoms with Gasteiger partial charge in [-0.25, -0.2) is 9.59 Å². The van der Waals surface area contributed by atoms with Gasteiger partial charge in [0.15, 0.2) is 0 Å². The molecule has 0 atom stereocenters. The van der Waals surface area contributed by atoms with Crippen LogP contribution in [0.25, 0.3) is 21.8 Å². The minimum atomic E-state index is -1.26. The lowest BCUT2D eigenvalue weighted by Crippen LogP contribution is -2.10.